The fourth-order valence-corrected chi connectivity index (χ4v) is 4.93. The van der Waals surface area contributed by atoms with Crippen LogP contribution in [0.25, 0.3) is 11.4 Å². The normalized spacial score (nSPS) is 11.6. The quantitative estimate of drug-likeness (QED) is 0.206. The Bertz CT molecular complexity index is 1340. The van der Waals surface area contributed by atoms with Gasteiger partial charge in [0, 0.05) is 17.8 Å². The van der Waals surface area contributed by atoms with Gasteiger partial charge in [0.25, 0.3) is 0 Å². The van der Waals surface area contributed by atoms with E-state index >= 15 is 0 Å². The van der Waals surface area contributed by atoms with Gasteiger partial charge in [0.05, 0.1) is 12.1 Å². The summed E-state index contributed by atoms with van der Waals surface area (Å²) in [6.07, 6.45) is 1.80. The SMILES string of the molecule is C=CCn1c(S[C@@H](C(=O)Nc2ccc(OC)c(Cl)c2)c2ccccc2)nnc1-c1cccc(C)c1. The van der Waals surface area contributed by atoms with Crippen molar-refractivity contribution in [2.24, 2.45) is 0 Å². The third-order valence-corrected chi connectivity index (χ3v) is 6.82. The zero-order valence-electron chi connectivity index (χ0n) is 19.4. The molecule has 0 aliphatic rings. The summed E-state index contributed by atoms with van der Waals surface area (Å²) in [4.78, 5) is 13.5. The Morgan fingerprint density at radius 1 is 1.14 bits per heavy atom. The number of hydrogen-bond acceptors (Lipinski definition) is 5. The van der Waals surface area contributed by atoms with Crippen molar-refractivity contribution >= 4 is 35.0 Å². The number of nitrogens with one attached hydrogen (secondary N) is 1. The Morgan fingerprint density at radius 2 is 1.94 bits per heavy atom. The third kappa shape index (κ3) is 5.75. The molecule has 4 aromatic rings. The van der Waals surface area contributed by atoms with E-state index in [-0.39, 0.29) is 5.91 Å². The van der Waals surface area contributed by atoms with Gasteiger partial charge in [-0.3, -0.25) is 9.36 Å². The zero-order valence-corrected chi connectivity index (χ0v) is 21.0. The van der Waals surface area contributed by atoms with E-state index in [1.807, 2.05) is 60.0 Å². The Morgan fingerprint density at radius 3 is 2.63 bits per heavy atom. The molecule has 3 aromatic carbocycles. The molecule has 6 nitrogen and oxygen atoms in total. The maximum atomic E-state index is 13.5. The molecule has 0 unspecified atom stereocenters. The van der Waals surface area contributed by atoms with Crippen molar-refractivity contribution < 1.29 is 9.53 Å². The summed E-state index contributed by atoms with van der Waals surface area (Å²) < 4.78 is 7.18. The third-order valence-electron chi connectivity index (χ3n) is 5.29. The lowest BCUT2D eigenvalue weighted by molar-refractivity contribution is -0.115. The number of thioether (sulfide) groups is 1. The summed E-state index contributed by atoms with van der Waals surface area (Å²) in [5.41, 5.74) is 3.51. The molecule has 0 radical (unpaired) electrons. The monoisotopic (exact) mass is 504 g/mol. The number of allylic oxidation sites excluding steroid dienone is 1. The highest BCUT2D eigenvalue weighted by Crippen LogP contribution is 2.37. The molecule has 178 valence electrons. The van der Waals surface area contributed by atoms with E-state index in [0.717, 1.165) is 22.5 Å². The second kappa shape index (κ2) is 11.3. The van der Waals surface area contributed by atoms with Gasteiger partial charge < -0.3 is 10.1 Å². The summed E-state index contributed by atoms with van der Waals surface area (Å²) in [6.45, 7) is 6.44. The fraction of sp³-hybridized carbons (Fsp3) is 0.148. The van der Waals surface area contributed by atoms with E-state index in [4.69, 9.17) is 16.3 Å². The molecule has 0 aliphatic heterocycles. The molecule has 4 rings (SSSR count). The van der Waals surface area contributed by atoms with Crippen LogP contribution in [0.5, 0.6) is 5.75 Å². The van der Waals surface area contributed by atoms with Gasteiger partial charge in [0.15, 0.2) is 11.0 Å². The van der Waals surface area contributed by atoms with Gasteiger partial charge in [-0.25, -0.2) is 0 Å². The van der Waals surface area contributed by atoms with Gasteiger partial charge >= 0.3 is 0 Å². The van der Waals surface area contributed by atoms with E-state index in [0.29, 0.717) is 28.2 Å². The van der Waals surface area contributed by atoms with E-state index in [2.05, 4.69) is 28.2 Å². The molecule has 0 saturated carbocycles. The highest BCUT2D eigenvalue weighted by molar-refractivity contribution is 8.00. The first-order valence-electron chi connectivity index (χ1n) is 11.0. The number of nitrogens with zero attached hydrogens (tertiary/aromatic N) is 3. The topological polar surface area (TPSA) is 69.0 Å². The molecule has 1 atom stereocenters. The number of aryl methyl sites for hydroxylation is 1. The van der Waals surface area contributed by atoms with Crippen LogP contribution in [0.3, 0.4) is 0 Å². The van der Waals surface area contributed by atoms with E-state index in [9.17, 15) is 4.79 Å². The summed E-state index contributed by atoms with van der Waals surface area (Å²) in [7, 11) is 1.55. The minimum absolute atomic E-state index is 0.201. The lowest BCUT2D eigenvalue weighted by Gasteiger charge is -2.18. The second-order valence-electron chi connectivity index (χ2n) is 7.82. The van der Waals surface area contributed by atoms with Crippen molar-refractivity contribution in [2.75, 3.05) is 12.4 Å². The minimum Gasteiger partial charge on any atom is -0.495 e. The molecule has 1 N–H and O–H groups in total. The van der Waals surface area contributed by atoms with Crippen molar-refractivity contribution in [2.45, 2.75) is 23.9 Å². The van der Waals surface area contributed by atoms with Crippen molar-refractivity contribution in [1.29, 1.82) is 0 Å². The van der Waals surface area contributed by atoms with Gasteiger partial charge in [-0.15, -0.1) is 16.8 Å². The maximum Gasteiger partial charge on any atom is 0.242 e. The average Bonchev–Trinajstić information content (AvgIpc) is 3.25. The summed E-state index contributed by atoms with van der Waals surface area (Å²) in [5, 5.41) is 12.3. The van der Waals surface area contributed by atoms with Gasteiger partial charge in [0.2, 0.25) is 5.91 Å². The minimum atomic E-state index is -0.574. The molecule has 8 heteroatoms. The summed E-state index contributed by atoms with van der Waals surface area (Å²) in [6, 6.07) is 22.8. The number of aromatic nitrogens is 3. The van der Waals surface area contributed by atoms with Crippen LogP contribution >= 0.6 is 23.4 Å². The number of ether oxygens (including phenoxy) is 1. The van der Waals surface area contributed by atoms with E-state index in [1.165, 1.54) is 11.8 Å². The van der Waals surface area contributed by atoms with Gasteiger partial charge in [-0.2, -0.15) is 0 Å². The number of carbonyl (C=O) groups excluding carboxylic acids is 1. The smallest absolute Gasteiger partial charge is 0.242 e. The number of anilines is 1. The van der Waals surface area contributed by atoms with Gasteiger partial charge in [-0.1, -0.05) is 83.5 Å². The predicted octanol–water partition coefficient (Wildman–Crippen LogP) is 6.57. The predicted molar refractivity (Wildman–Crippen MR) is 142 cm³/mol. The number of benzene rings is 3. The number of carbonyl (C=O) groups is 1. The second-order valence-corrected chi connectivity index (χ2v) is 9.30. The highest BCUT2D eigenvalue weighted by Gasteiger charge is 2.26. The Balaban J connectivity index is 1.67. The first-order valence-corrected chi connectivity index (χ1v) is 12.2. The highest BCUT2D eigenvalue weighted by atomic mass is 35.5. The molecule has 1 amide bonds. The molecule has 1 heterocycles. The molecular weight excluding hydrogens is 480 g/mol. The first-order chi connectivity index (χ1) is 17.0. The lowest BCUT2D eigenvalue weighted by atomic mass is 10.1. The molecule has 1 aromatic heterocycles. The molecule has 0 bridgehead atoms. The maximum absolute atomic E-state index is 13.5. The van der Waals surface area contributed by atoms with Gasteiger partial charge in [0.1, 0.15) is 11.0 Å². The van der Waals surface area contributed by atoms with Crippen LogP contribution in [0.4, 0.5) is 5.69 Å². The Labute approximate surface area is 214 Å². The van der Waals surface area contributed by atoms with Crippen LogP contribution in [-0.2, 0) is 11.3 Å². The molecular formula is C27H25ClN4O2S. The van der Waals surface area contributed by atoms with Crippen molar-refractivity contribution in [3.8, 4) is 17.1 Å². The molecule has 0 aliphatic carbocycles. The van der Waals surface area contributed by atoms with Crippen molar-refractivity contribution in [3.05, 3.63) is 102 Å². The summed E-state index contributed by atoms with van der Waals surface area (Å²) >= 11 is 7.59. The van der Waals surface area contributed by atoms with E-state index in [1.54, 1.807) is 31.4 Å². The Hall–Kier alpha value is -3.55. The number of hydrogen-bond donors (Lipinski definition) is 1. The lowest BCUT2D eigenvalue weighted by Crippen LogP contribution is -2.19. The number of halogens is 1. The van der Waals surface area contributed by atoms with Crippen LogP contribution < -0.4 is 10.1 Å². The van der Waals surface area contributed by atoms with Crippen LogP contribution in [0.1, 0.15) is 16.4 Å². The van der Waals surface area contributed by atoms with Crippen molar-refractivity contribution in [3.63, 3.8) is 0 Å². The van der Waals surface area contributed by atoms with Crippen molar-refractivity contribution in [1.82, 2.24) is 14.8 Å². The summed E-state index contributed by atoms with van der Waals surface area (Å²) in [5.74, 6) is 1.07. The standard InChI is InChI=1S/C27H25ClN4O2S/c1-4-15-32-25(20-12-8-9-18(2)16-20)30-31-27(32)35-24(19-10-6-5-7-11-19)26(33)29-21-13-14-23(34-3)22(28)17-21/h4-14,16-17,24H,1,15H2,2-3H3,(H,29,33)/t24-/m1/s1. The van der Waals surface area contributed by atoms with Gasteiger partial charge in [-0.05, 0) is 36.8 Å². The molecule has 35 heavy (non-hydrogen) atoms. The number of rotatable bonds is 9. The zero-order chi connectivity index (χ0) is 24.8. The largest absolute Gasteiger partial charge is 0.495 e. The number of amides is 1. The Kier molecular flexibility index (Phi) is 7.90. The van der Waals surface area contributed by atoms with Crippen LogP contribution in [-0.4, -0.2) is 27.8 Å². The van der Waals surface area contributed by atoms with Crippen LogP contribution in [0, 0.1) is 6.92 Å². The average molecular weight is 505 g/mol. The van der Waals surface area contributed by atoms with Crippen LogP contribution in [0.15, 0.2) is 90.6 Å². The fourth-order valence-electron chi connectivity index (χ4n) is 3.63. The molecule has 0 fully saturated rings. The van der Waals surface area contributed by atoms with Crippen LogP contribution in [0.2, 0.25) is 5.02 Å². The molecule has 0 spiro atoms. The number of methoxy groups -OCH3 is 1. The van der Waals surface area contributed by atoms with E-state index < -0.39 is 5.25 Å². The molecule has 0 saturated heterocycles. The first kappa shape index (κ1) is 24.6.